The zero-order valence-electron chi connectivity index (χ0n) is 9.80. The predicted octanol–water partition coefficient (Wildman–Crippen LogP) is 0.439. The summed E-state index contributed by atoms with van der Waals surface area (Å²) in [6.07, 6.45) is 0.289. The monoisotopic (exact) mass is 253 g/mol. The zero-order chi connectivity index (χ0) is 13.4. The molecule has 1 amide bonds. The third-order valence-corrected chi connectivity index (χ3v) is 2.14. The number of nitro benzene ring substituents is 1. The molecule has 0 bridgehead atoms. The number of carbonyl (C=O) groups is 1. The fourth-order valence-electron chi connectivity index (χ4n) is 1.24. The van der Waals surface area contributed by atoms with E-state index in [4.69, 9.17) is 10.5 Å². The van der Waals surface area contributed by atoms with Gasteiger partial charge in [-0.3, -0.25) is 14.9 Å². The van der Waals surface area contributed by atoms with Crippen LogP contribution in [0.25, 0.3) is 0 Å². The normalized spacial score (nSPS) is 10.0. The lowest BCUT2D eigenvalue weighted by Gasteiger charge is -2.06. The number of ether oxygens (including phenoxy) is 1. The number of carbonyl (C=O) groups excluding carboxylic acids is 1. The largest absolute Gasteiger partial charge is 0.492 e. The van der Waals surface area contributed by atoms with Crippen molar-refractivity contribution in [2.24, 2.45) is 5.73 Å². The van der Waals surface area contributed by atoms with Gasteiger partial charge in [0, 0.05) is 31.6 Å². The number of non-ortho nitro benzene ring substituents is 1. The molecule has 0 spiro atoms. The van der Waals surface area contributed by atoms with Gasteiger partial charge >= 0.3 is 0 Å². The number of rotatable bonds is 8. The van der Waals surface area contributed by atoms with Gasteiger partial charge in [0.25, 0.3) is 5.69 Å². The molecule has 0 aliphatic carbocycles. The van der Waals surface area contributed by atoms with Crippen LogP contribution in [0.1, 0.15) is 6.42 Å². The van der Waals surface area contributed by atoms with Crippen molar-refractivity contribution in [2.75, 3.05) is 19.7 Å². The van der Waals surface area contributed by atoms with Crippen molar-refractivity contribution in [3.8, 4) is 5.75 Å². The third kappa shape index (κ3) is 5.26. The molecule has 0 saturated carbocycles. The molecule has 1 rings (SSSR count). The first kappa shape index (κ1) is 13.9. The van der Waals surface area contributed by atoms with E-state index in [2.05, 4.69) is 5.32 Å². The van der Waals surface area contributed by atoms with Crippen molar-refractivity contribution >= 4 is 11.6 Å². The summed E-state index contributed by atoms with van der Waals surface area (Å²) in [4.78, 5) is 20.4. The number of nitrogens with one attached hydrogen (secondary N) is 1. The van der Waals surface area contributed by atoms with Crippen LogP contribution in [0, 0.1) is 10.1 Å². The molecule has 0 aliphatic heterocycles. The van der Waals surface area contributed by atoms with Gasteiger partial charge in [-0.25, -0.2) is 0 Å². The highest BCUT2D eigenvalue weighted by Crippen LogP contribution is 2.16. The van der Waals surface area contributed by atoms with Gasteiger partial charge in [-0.1, -0.05) is 0 Å². The Labute approximate surface area is 104 Å². The summed E-state index contributed by atoms with van der Waals surface area (Å²) >= 11 is 0. The van der Waals surface area contributed by atoms with Crippen molar-refractivity contribution < 1.29 is 14.5 Å². The first-order chi connectivity index (χ1) is 8.59. The molecule has 1 aromatic carbocycles. The van der Waals surface area contributed by atoms with E-state index in [1.807, 2.05) is 0 Å². The highest BCUT2D eigenvalue weighted by Gasteiger charge is 2.03. The zero-order valence-corrected chi connectivity index (χ0v) is 9.80. The molecule has 98 valence electrons. The second kappa shape index (κ2) is 7.23. The van der Waals surface area contributed by atoms with Gasteiger partial charge in [0.05, 0.1) is 4.92 Å². The molecular weight excluding hydrogens is 238 g/mol. The summed E-state index contributed by atoms with van der Waals surface area (Å²) in [7, 11) is 0. The Kier molecular flexibility index (Phi) is 5.59. The van der Waals surface area contributed by atoms with Crippen LogP contribution in [0.15, 0.2) is 24.3 Å². The second-order valence-corrected chi connectivity index (χ2v) is 3.57. The Morgan fingerprint density at radius 1 is 1.33 bits per heavy atom. The third-order valence-electron chi connectivity index (χ3n) is 2.14. The number of amides is 1. The van der Waals surface area contributed by atoms with Gasteiger partial charge in [0.2, 0.25) is 5.91 Å². The number of benzene rings is 1. The maximum absolute atomic E-state index is 10.4. The topological polar surface area (TPSA) is 107 Å². The Morgan fingerprint density at radius 2 is 2.00 bits per heavy atom. The quantitative estimate of drug-likeness (QED) is 0.397. The van der Waals surface area contributed by atoms with E-state index < -0.39 is 4.92 Å². The summed E-state index contributed by atoms with van der Waals surface area (Å²) in [6, 6.07) is 5.86. The van der Waals surface area contributed by atoms with Crippen LogP contribution in [-0.4, -0.2) is 30.5 Å². The Hall–Kier alpha value is -2.15. The maximum atomic E-state index is 10.4. The molecule has 0 atom stereocenters. The molecule has 3 N–H and O–H groups in total. The summed E-state index contributed by atoms with van der Waals surface area (Å²) in [5.74, 6) is 0.219. The van der Waals surface area contributed by atoms with Crippen LogP contribution >= 0.6 is 0 Å². The molecule has 0 aromatic heterocycles. The number of hydrogen-bond donors (Lipinski definition) is 2. The van der Waals surface area contributed by atoms with E-state index in [-0.39, 0.29) is 18.0 Å². The minimum Gasteiger partial charge on any atom is -0.492 e. The van der Waals surface area contributed by atoms with Crippen LogP contribution in [0.2, 0.25) is 0 Å². The smallest absolute Gasteiger partial charge is 0.269 e. The Morgan fingerprint density at radius 3 is 2.56 bits per heavy atom. The van der Waals surface area contributed by atoms with E-state index in [1.54, 1.807) is 12.1 Å². The van der Waals surface area contributed by atoms with Crippen LogP contribution in [0.5, 0.6) is 5.75 Å². The Balaban J connectivity index is 2.19. The van der Waals surface area contributed by atoms with Crippen molar-refractivity contribution in [2.45, 2.75) is 6.42 Å². The second-order valence-electron chi connectivity index (χ2n) is 3.57. The lowest BCUT2D eigenvalue weighted by Crippen LogP contribution is -2.25. The van der Waals surface area contributed by atoms with E-state index in [1.165, 1.54) is 12.1 Å². The van der Waals surface area contributed by atoms with Gasteiger partial charge in [-0.05, 0) is 12.1 Å². The van der Waals surface area contributed by atoms with Crippen LogP contribution in [-0.2, 0) is 4.79 Å². The fourth-order valence-corrected chi connectivity index (χ4v) is 1.24. The van der Waals surface area contributed by atoms with E-state index in [0.29, 0.717) is 25.4 Å². The molecule has 0 fully saturated rings. The maximum Gasteiger partial charge on any atom is 0.269 e. The van der Waals surface area contributed by atoms with E-state index >= 15 is 0 Å². The number of hydrogen-bond acceptors (Lipinski definition) is 5. The van der Waals surface area contributed by atoms with Crippen molar-refractivity contribution in [1.82, 2.24) is 5.32 Å². The van der Waals surface area contributed by atoms with Gasteiger partial charge in [-0.15, -0.1) is 0 Å². The molecule has 0 aliphatic rings. The van der Waals surface area contributed by atoms with Crippen molar-refractivity contribution in [3.63, 3.8) is 0 Å². The highest BCUT2D eigenvalue weighted by molar-refractivity contribution is 5.73. The van der Waals surface area contributed by atoms with Gasteiger partial charge in [0.15, 0.2) is 0 Å². The van der Waals surface area contributed by atoms with E-state index in [9.17, 15) is 14.9 Å². The first-order valence-electron chi connectivity index (χ1n) is 5.46. The average molecular weight is 253 g/mol. The Bertz CT molecular complexity index is 405. The lowest BCUT2D eigenvalue weighted by molar-refractivity contribution is -0.384. The predicted molar refractivity (Wildman–Crippen MR) is 65.3 cm³/mol. The fraction of sp³-hybridized carbons (Fsp3) is 0.364. The van der Waals surface area contributed by atoms with Crippen LogP contribution < -0.4 is 15.8 Å². The van der Waals surface area contributed by atoms with Crippen LogP contribution in [0.3, 0.4) is 0 Å². The van der Waals surface area contributed by atoms with Crippen LogP contribution in [0.4, 0.5) is 5.69 Å². The van der Waals surface area contributed by atoms with E-state index in [0.717, 1.165) is 0 Å². The van der Waals surface area contributed by atoms with Gasteiger partial charge in [0.1, 0.15) is 12.4 Å². The summed E-state index contributed by atoms with van der Waals surface area (Å²) in [5.41, 5.74) is 5.00. The highest BCUT2D eigenvalue weighted by atomic mass is 16.6. The van der Waals surface area contributed by atoms with Gasteiger partial charge in [-0.2, -0.15) is 0 Å². The minimum absolute atomic E-state index is 0.0296. The standard InChI is InChI=1S/C11H15N3O4/c12-11(15)5-6-13-7-8-18-10-3-1-9(2-4-10)14(16)17/h1-4,13H,5-8H2,(H2,12,15). The molecular formula is C11H15N3O4. The number of nitro groups is 1. The summed E-state index contributed by atoms with van der Waals surface area (Å²) in [5, 5.41) is 13.4. The number of nitrogens with zero attached hydrogens (tertiary/aromatic N) is 1. The first-order valence-corrected chi connectivity index (χ1v) is 5.46. The molecule has 0 heterocycles. The number of nitrogens with two attached hydrogens (primary N) is 1. The molecule has 7 nitrogen and oxygen atoms in total. The lowest BCUT2D eigenvalue weighted by atomic mass is 10.3. The van der Waals surface area contributed by atoms with Gasteiger partial charge < -0.3 is 15.8 Å². The summed E-state index contributed by atoms with van der Waals surface area (Å²) < 4.78 is 5.35. The van der Waals surface area contributed by atoms with Crippen molar-refractivity contribution in [3.05, 3.63) is 34.4 Å². The molecule has 7 heteroatoms. The number of primary amides is 1. The summed E-state index contributed by atoms with van der Waals surface area (Å²) in [6.45, 7) is 1.50. The minimum atomic E-state index is -0.463. The SMILES string of the molecule is NC(=O)CCNCCOc1ccc([N+](=O)[O-])cc1. The molecule has 0 saturated heterocycles. The van der Waals surface area contributed by atoms with Crippen molar-refractivity contribution in [1.29, 1.82) is 0 Å². The average Bonchev–Trinajstić information content (AvgIpc) is 2.34. The molecule has 1 aromatic rings. The molecule has 0 radical (unpaired) electrons. The molecule has 0 unspecified atom stereocenters. The molecule has 18 heavy (non-hydrogen) atoms.